The standard InChI is InChI=1S/C17H20ClN/c1-4-17(19-3)14-8-6-13(7-9-14)16-11-15(18)10-5-12(16)2/h5-11,17,19H,4H2,1-3H3. The van der Waals surface area contributed by atoms with Crippen molar-refractivity contribution in [3.05, 3.63) is 58.6 Å². The molecule has 0 saturated carbocycles. The van der Waals surface area contributed by atoms with E-state index in [9.17, 15) is 0 Å². The fourth-order valence-electron chi connectivity index (χ4n) is 2.41. The van der Waals surface area contributed by atoms with Crippen molar-refractivity contribution in [1.82, 2.24) is 5.32 Å². The van der Waals surface area contributed by atoms with Crippen LogP contribution in [0.2, 0.25) is 5.02 Å². The van der Waals surface area contributed by atoms with Gasteiger partial charge in [0.15, 0.2) is 0 Å². The lowest BCUT2D eigenvalue weighted by Crippen LogP contribution is -2.14. The molecule has 1 unspecified atom stereocenters. The van der Waals surface area contributed by atoms with Crippen LogP contribution in [0.3, 0.4) is 0 Å². The molecule has 19 heavy (non-hydrogen) atoms. The summed E-state index contributed by atoms with van der Waals surface area (Å²) in [6, 6.07) is 15.2. The molecule has 0 bridgehead atoms. The fraction of sp³-hybridized carbons (Fsp3) is 0.294. The van der Waals surface area contributed by atoms with E-state index in [4.69, 9.17) is 11.6 Å². The monoisotopic (exact) mass is 273 g/mol. The maximum Gasteiger partial charge on any atom is 0.0412 e. The molecule has 0 aliphatic carbocycles. The molecular formula is C17H20ClN. The van der Waals surface area contributed by atoms with Crippen molar-refractivity contribution in [1.29, 1.82) is 0 Å². The Morgan fingerprint density at radius 1 is 1.11 bits per heavy atom. The van der Waals surface area contributed by atoms with E-state index in [0.717, 1.165) is 11.4 Å². The highest BCUT2D eigenvalue weighted by Gasteiger charge is 2.07. The summed E-state index contributed by atoms with van der Waals surface area (Å²) in [6.07, 6.45) is 1.09. The molecule has 0 saturated heterocycles. The van der Waals surface area contributed by atoms with Crippen LogP contribution in [0.1, 0.15) is 30.5 Å². The van der Waals surface area contributed by atoms with Crippen molar-refractivity contribution >= 4 is 11.6 Å². The summed E-state index contributed by atoms with van der Waals surface area (Å²) < 4.78 is 0. The van der Waals surface area contributed by atoms with Crippen LogP contribution in [0.4, 0.5) is 0 Å². The highest BCUT2D eigenvalue weighted by molar-refractivity contribution is 6.30. The van der Waals surface area contributed by atoms with Gasteiger partial charge in [0, 0.05) is 11.1 Å². The first-order chi connectivity index (χ1) is 9.15. The normalized spacial score (nSPS) is 12.4. The quantitative estimate of drug-likeness (QED) is 0.828. The van der Waals surface area contributed by atoms with E-state index in [1.165, 1.54) is 22.3 Å². The van der Waals surface area contributed by atoms with Crippen LogP contribution in [0.25, 0.3) is 11.1 Å². The van der Waals surface area contributed by atoms with Gasteiger partial charge in [-0.15, -0.1) is 0 Å². The zero-order valence-electron chi connectivity index (χ0n) is 11.7. The molecule has 2 aromatic carbocycles. The molecule has 2 heteroatoms. The van der Waals surface area contributed by atoms with E-state index in [1.807, 2.05) is 19.2 Å². The molecule has 0 amide bonds. The third kappa shape index (κ3) is 3.17. The summed E-state index contributed by atoms with van der Waals surface area (Å²) in [6.45, 7) is 4.30. The Kier molecular flexibility index (Phi) is 4.62. The molecule has 0 spiro atoms. The van der Waals surface area contributed by atoms with Crippen molar-refractivity contribution < 1.29 is 0 Å². The van der Waals surface area contributed by atoms with Crippen LogP contribution in [-0.4, -0.2) is 7.05 Å². The van der Waals surface area contributed by atoms with Crippen LogP contribution in [0, 0.1) is 6.92 Å². The summed E-state index contributed by atoms with van der Waals surface area (Å²) in [7, 11) is 2.00. The third-order valence-corrected chi connectivity index (χ3v) is 3.82. The van der Waals surface area contributed by atoms with Gasteiger partial charge in [-0.3, -0.25) is 0 Å². The predicted octanol–water partition coefficient (Wildman–Crippen LogP) is 4.99. The number of nitrogens with one attached hydrogen (secondary N) is 1. The van der Waals surface area contributed by atoms with Crippen molar-refractivity contribution in [3.63, 3.8) is 0 Å². The Bertz CT molecular complexity index is 542. The maximum absolute atomic E-state index is 6.08. The molecular weight excluding hydrogens is 254 g/mol. The van der Waals surface area contributed by atoms with Gasteiger partial charge < -0.3 is 5.32 Å². The molecule has 1 N–H and O–H groups in total. The first-order valence-electron chi connectivity index (χ1n) is 6.69. The number of rotatable bonds is 4. The molecule has 0 aromatic heterocycles. The van der Waals surface area contributed by atoms with Crippen LogP contribution in [0.5, 0.6) is 0 Å². The van der Waals surface area contributed by atoms with Crippen molar-refractivity contribution in [2.24, 2.45) is 0 Å². The minimum Gasteiger partial charge on any atom is -0.313 e. The second-order valence-corrected chi connectivity index (χ2v) is 5.27. The van der Waals surface area contributed by atoms with Gasteiger partial charge in [-0.1, -0.05) is 48.9 Å². The van der Waals surface area contributed by atoms with Gasteiger partial charge in [0.2, 0.25) is 0 Å². The summed E-state index contributed by atoms with van der Waals surface area (Å²) in [5, 5.41) is 4.11. The Balaban J connectivity index is 2.34. The van der Waals surface area contributed by atoms with E-state index in [1.54, 1.807) is 0 Å². The summed E-state index contributed by atoms with van der Waals surface area (Å²) in [5.41, 5.74) is 5.00. The maximum atomic E-state index is 6.08. The summed E-state index contributed by atoms with van der Waals surface area (Å²) >= 11 is 6.08. The largest absolute Gasteiger partial charge is 0.313 e. The number of halogens is 1. The summed E-state index contributed by atoms with van der Waals surface area (Å²) in [5.74, 6) is 0. The predicted molar refractivity (Wildman–Crippen MR) is 83.7 cm³/mol. The molecule has 1 nitrogen and oxygen atoms in total. The SMILES string of the molecule is CCC(NC)c1ccc(-c2cc(Cl)ccc2C)cc1. The fourth-order valence-corrected chi connectivity index (χ4v) is 2.58. The molecule has 0 radical (unpaired) electrons. The van der Waals surface area contributed by atoms with Crippen molar-refractivity contribution in [2.75, 3.05) is 7.05 Å². The molecule has 0 fully saturated rings. The highest BCUT2D eigenvalue weighted by atomic mass is 35.5. The highest BCUT2D eigenvalue weighted by Crippen LogP contribution is 2.28. The molecule has 1 atom stereocenters. The number of aryl methyl sites for hydroxylation is 1. The van der Waals surface area contributed by atoms with Crippen LogP contribution >= 0.6 is 11.6 Å². The Labute approximate surface area is 120 Å². The van der Waals surface area contributed by atoms with Gasteiger partial charge in [-0.25, -0.2) is 0 Å². The molecule has 2 aromatic rings. The molecule has 2 rings (SSSR count). The molecule has 0 aliphatic rings. The Morgan fingerprint density at radius 2 is 1.79 bits per heavy atom. The number of hydrogen-bond acceptors (Lipinski definition) is 1. The van der Waals surface area contributed by atoms with Crippen LogP contribution in [0.15, 0.2) is 42.5 Å². The number of benzene rings is 2. The van der Waals surface area contributed by atoms with Gasteiger partial charge in [-0.2, -0.15) is 0 Å². The average Bonchev–Trinajstić information content (AvgIpc) is 2.44. The van der Waals surface area contributed by atoms with E-state index in [-0.39, 0.29) is 0 Å². The zero-order chi connectivity index (χ0) is 13.8. The Morgan fingerprint density at radius 3 is 2.37 bits per heavy atom. The first-order valence-corrected chi connectivity index (χ1v) is 7.07. The Hall–Kier alpha value is -1.31. The number of hydrogen-bond donors (Lipinski definition) is 1. The van der Waals surface area contributed by atoms with E-state index in [2.05, 4.69) is 49.5 Å². The molecule has 0 aliphatic heterocycles. The van der Waals surface area contributed by atoms with Crippen LogP contribution in [-0.2, 0) is 0 Å². The second-order valence-electron chi connectivity index (χ2n) is 4.83. The minimum absolute atomic E-state index is 0.425. The summed E-state index contributed by atoms with van der Waals surface area (Å²) in [4.78, 5) is 0. The topological polar surface area (TPSA) is 12.0 Å². The van der Waals surface area contributed by atoms with Gasteiger partial charge in [0.05, 0.1) is 0 Å². The lowest BCUT2D eigenvalue weighted by atomic mass is 9.97. The minimum atomic E-state index is 0.425. The second kappa shape index (κ2) is 6.23. The van der Waals surface area contributed by atoms with E-state index in [0.29, 0.717) is 6.04 Å². The van der Waals surface area contributed by atoms with Gasteiger partial charge in [0.1, 0.15) is 0 Å². The van der Waals surface area contributed by atoms with Gasteiger partial charge in [-0.05, 0) is 54.8 Å². The molecule has 0 heterocycles. The van der Waals surface area contributed by atoms with E-state index < -0.39 is 0 Å². The van der Waals surface area contributed by atoms with Gasteiger partial charge in [0.25, 0.3) is 0 Å². The van der Waals surface area contributed by atoms with E-state index >= 15 is 0 Å². The smallest absolute Gasteiger partial charge is 0.0412 e. The van der Waals surface area contributed by atoms with Crippen molar-refractivity contribution in [2.45, 2.75) is 26.3 Å². The first kappa shape index (κ1) is 14.1. The zero-order valence-corrected chi connectivity index (χ0v) is 12.5. The van der Waals surface area contributed by atoms with Crippen LogP contribution < -0.4 is 5.32 Å². The van der Waals surface area contributed by atoms with Crippen molar-refractivity contribution in [3.8, 4) is 11.1 Å². The average molecular weight is 274 g/mol. The lowest BCUT2D eigenvalue weighted by Gasteiger charge is -2.15. The molecule has 100 valence electrons. The van der Waals surface area contributed by atoms with Gasteiger partial charge >= 0.3 is 0 Å². The lowest BCUT2D eigenvalue weighted by molar-refractivity contribution is 0.577. The third-order valence-electron chi connectivity index (χ3n) is 3.58.